The SMILES string of the molecule is CN(C)C(CNC(=O)c1cccc(OCc2ccc(F)cc2)c1)c1cccs1. The van der Waals surface area contributed by atoms with Crippen LogP contribution in [0.3, 0.4) is 0 Å². The Morgan fingerprint density at radius 2 is 1.93 bits per heavy atom. The Morgan fingerprint density at radius 3 is 2.61 bits per heavy atom. The molecule has 0 bridgehead atoms. The molecule has 0 spiro atoms. The van der Waals surface area contributed by atoms with Crippen LogP contribution in [0.15, 0.2) is 66.0 Å². The van der Waals surface area contributed by atoms with E-state index in [0.29, 0.717) is 24.5 Å². The number of amides is 1. The first-order valence-corrected chi connectivity index (χ1v) is 9.86. The van der Waals surface area contributed by atoms with Gasteiger partial charge in [0.25, 0.3) is 5.91 Å². The van der Waals surface area contributed by atoms with Crippen molar-refractivity contribution in [3.63, 3.8) is 0 Å². The third-order valence-electron chi connectivity index (χ3n) is 4.37. The molecule has 146 valence electrons. The molecule has 1 aromatic heterocycles. The number of hydrogen-bond donors (Lipinski definition) is 1. The highest BCUT2D eigenvalue weighted by Crippen LogP contribution is 2.22. The fourth-order valence-electron chi connectivity index (χ4n) is 2.78. The lowest BCUT2D eigenvalue weighted by atomic mass is 10.1. The average molecular weight is 399 g/mol. The van der Waals surface area contributed by atoms with Crippen molar-refractivity contribution in [3.05, 3.63) is 87.9 Å². The van der Waals surface area contributed by atoms with Crippen molar-refractivity contribution in [1.29, 1.82) is 0 Å². The van der Waals surface area contributed by atoms with Gasteiger partial charge in [0.2, 0.25) is 0 Å². The van der Waals surface area contributed by atoms with E-state index in [0.717, 1.165) is 5.56 Å². The van der Waals surface area contributed by atoms with E-state index in [4.69, 9.17) is 4.74 Å². The highest BCUT2D eigenvalue weighted by atomic mass is 32.1. The fourth-order valence-corrected chi connectivity index (χ4v) is 3.71. The smallest absolute Gasteiger partial charge is 0.251 e. The van der Waals surface area contributed by atoms with Crippen molar-refractivity contribution in [2.45, 2.75) is 12.6 Å². The lowest BCUT2D eigenvalue weighted by molar-refractivity contribution is 0.0941. The number of halogens is 1. The van der Waals surface area contributed by atoms with E-state index < -0.39 is 0 Å². The predicted octanol–water partition coefficient (Wildman–Crippen LogP) is 4.50. The molecule has 0 fully saturated rings. The number of carbonyl (C=O) groups excluding carboxylic acids is 1. The van der Waals surface area contributed by atoms with E-state index in [-0.39, 0.29) is 17.8 Å². The molecule has 1 heterocycles. The van der Waals surface area contributed by atoms with Crippen LogP contribution in [-0.4, -0.2) is 31.4 Å². The molecule has 0 radical (unpaired) electrons. The van der Waals surface area contributed by atoms with Gasteiger partial charge in [-0.15, -0.1) is 11.3 Å². The zero-order valence-electron chi connectivity index (χ0n) is 15.9. The number of hydrogen-bond acceptors (Lipinski definition) is 4. The second-order valence-corrected chi connectivity index (χ2v) is 7.63. The van der Waals surface area contributed by atoms with Gasteiger partial charge in [0.15, 0.2) is 0 Å². The van der Waals surface area contributed by atoms with Gasteiger partial charge >= 0.3 is 0 Å². The normalized spacial score (nSPS) is 12.0. The Kier molecular flexibility index (Phi) is 6.79. The standard InChI is InChI=1S/C22H23FN2O2S/c1-25(2)20(21-7-4-12-28-21)14-24-22(26)17-5-3-6-19(13-17)27-15-16-8-10-18(23)11-9-16/h3-13,20H,14-15H2,1-2H3,(H,24,26). The van der Waals surface area contributed by atoms with Crippen LogP contribution < -0.4 is 10.1 Å². The summed E-state index contributed by atoms with van der Waals surface area (Å²) in [5.41, 5.74) is 1.40. The summed E-state index contributed by atoms with van der Waals surface area (Å²) in [6, 6.07) is 17.4. The summed E-state index contributed by atoms with van der Waals surface area (Å²) in [5, 5.41) is 5.04. The maximum atomic E-state index is 13.0. The number of nitrogens with zero attached hydrogens (tertiary/aromatic N) is 1. The first kappa shape index (κ1) is 20.0. The topological polar surface area (TPSA) is 41.6 Å². The molecule has 1 amide bonds. The highest BCUT2D eigenvalue weighted by Gasteiger charge is 2.17. The van der Waals surface area contributed by atoms with Crippen molar-refractivity contribution in [2.75, 3.05) is 20.6 Å². The van der Waals surface area contributed by atoms with E-state index in [2.05, 4.69) is 16.3 Å². The minimum atomic E-state index is -0.277. The van der Waals surface area contributed by atoms with E-state index in [9.17, 15) is 9.18 Å². The van der Waals surface area contributed by atoms with Gasteiger partial charge in [-0.3, -0.25) is 4.79 Å². The summed E-state index contributed by atoms with van der Waals surface area (Å²) < 4.78 is 18.7. The van der Waals surface area contributed by atoms with Gasteiger partial charge in [-0.05, 0) is 61.4 Å². The van der Waals surface area contributed by atoms with Crippen molar-refractivity contribution in [2.24, 2.45) is 0 Å². The molecule has 2 aromatic carbocycles. The molecule has 1 unspecified atom stereocenters. The molecule has 0 saturated carbocycles. The first-order chi connectivity index (χ1) is 13.5. The molecule has 3 rings (SSSR count). The maximum Gasteiger partial charge on any atom is 0.251 e. The third kappa shape index (κ3) is 5.41. The van der Waals surface area contributed by atoms with Crippen LogP contribution in [-0.2, 0) is 6.61 Å². The number of rotatable bonds is 8. The van der Waals surface area contributed by atoms with E-state index in [1.807, 2.05) is 25.5 Å². The molecule has 6 heteroatoms. The molecule has 28 heavy (non-hydrogen) atoms. The molecular formula is C22H23FN2O2S. The second kappa shape index (κ2) is 9.48. The molecule has 4 nitrogen and oxygen atoms in total. The van der Waals surface area contributed by atoms with Crippen LogP contribution >= 0.6 is 11.3 Å². The van der Waals surface area contributed by atoms with Gasteiger partial charge < -0.3 is 15.0 Å². The summed E-state index contributed by atoms with van der Waals surface area (Å²) in [6.45, 7) is 0.833. The summed E-state index contributed by atoms with van der Waals surface area (Å²) in [7, 11) is 4.00. The van der Waals surface area contributed by atoms with Crippen LogP contribution in [0.1, 0.15) is 26.8 Å². The molecule has 0 aliphatic rings. The number of likely N-dealkylation sites (N-methyl/N-ethyl adjacent to an activating group) is 1. The molecule has 0 aliphatic carbocycles. The average Bonchev–Trinajstić information content (AvgIpc) is 3.22. The Labute approximate surface area is 168 Å². The molecule has 1 N–H and O–H groups in total. The third-order valence-corrected chi connectivity index (χ3v) is 5.34. The fraction of sp³-hybridized carbons (Fsp3) is 0.227. The highest BCUT2D eigenvalue weighted by molar-refractivity contribution is 7.10. The predicted molar refractivity (Wildman–Crippen MR) is 110 cm³/mol. The van der Waals surface area contributed by atoms with Crippen molar-refractivity contribution < 1.29 is 13.9 Å². The van der Waals surface area contributed by atoms with Crippen LogP contribution in [0, 0.1) is 5.82 Å². The van der Waals surface area contributed by atoms with Crippen molar-refractivity contribution in [3.8, 4) is 5.75 Å². The van der Waals surface area contributed by atoms with Gasteiger partial charge in [0.05, 0.1) is 6.04 Å². The monoisotopic (exact) mass is 398 g/mol. The Hall–Kier alpha value is -2.70. The Bertz CT molecular complexity index is 895. The zero-order valence-corrected chi connectivity index (χ0v) is 16.7. The van der Waals surface area contributed by atoms with Crippen molar-refractivity contribution in [1.82, 2.24) is 10.2 Å². The van der Waals surface area contributed by atoms with Crippen LogP contribution in [0.4, 0.5) is 4.39 Å². The van der Waals surface area contributed by atoms with Crippen LogP contribution in [0.25, 0.3) is 0 Å². The van der Waals surface area contributed by atoms with Gasteiger partial charge in [-0.25, -0.2) is 4.39 Å². The van der Waals surface area contributed by atoms with Gasteiger partial charge in [0.1, 0.15) is 18.2 Å². The molecular weight excluding hydrogens is 375 g/mol. The van der Waals surface area contributed by atoms with E-state index >= 15 is 0 Å². The minimum Gasteiger partial charge on any atom is -0.489 e. The molecule has 1 atom stereocenters. The lowest BCUT2D eigenvalue weighted by Crippen LogP contribution is -2.34. The molecule has 0 saturated heterocycles. The molecule has 0 aliphatic heterocycles. The quantitative estimate of drug-likeness (QED) is 0.608. The van der Waals surface area contributed by atoms with Crippen LogP contribution in [0.2, 0.25) is 0 Å². The summed E-state index contributed by atoms with van der Waals surface area (Å²) in [4.78, 5) is 15.9. The second-order valence-electron chi connectivity index (χ2n) is 6.65. The van der Waals surface area contributed by atoms with Gasteiger partial charge in [0, 0.05) is 17.0 Å². The Balaban J connectivity index is 1.59. The maximum absolute atomic E-state index is 13.0. The number of thiophene rings is 1. The Morgan fingerprint density at radius 1 is 1.14 bits per heavy atom. The summed E-state index contributed by atoms with van der Waals surface area (Å²) in [6.07, 6.45) is 0. The van der Waals surface area contributed by atoms with E-state index in [1.54, 1.807) is 47.7 Å². The zero-order chi connectivity index (χ0) is 19.9. The lowest BCUT2D eigenvalue weighted by Gasteiger charge is -2.23. The number of carbonyl (C=O) groups is 1. The molecule has 3 aromatic rings. The van der Waals surface area contributed by atoms with Gasteiger partial charge in [-0.1, -0.05) is 24.3 Å². The number of nitrogens with one attached hydrogen (secondary N) is 1. The summed E-state index contributed by atoms with van der Waals surface area (Å²) >= 11 is 1.68. The summed E-state index contributed by atoms with van der Waals surface area (Å²) in [5.74, 6) is 0.177. The largest absolute Gasteiger partial charge is 0.489 e. The van der Waals surface area contributed by atoms with Crippen molar-refractivity contribution >= 4 is 17.2 Å². The van der Waals surface area contributed by atoms with Gasteiger partial charge in [-0.2, -0.15) is 0 Å². The number of ether oxygens (including phenoxy) is 1. The first-order valence-electron chi connectivity index (χ1n) is 8.98. The number of benzene rings is 2. The van der Waals surface area contributed by atoms with Crippen LogP contribution in [0.5, 0.6) is 5.75 Å². The van der Waals surface area contributed by atoms with E-state index in [1.165, 1.54) is 17.0 Å². The minimum absolute atomic E-state index is 0.127.